The zero-order valence-electron chi connectivity index (χ0n) is 17.2. The monoisotopic (exact) mass is 402 g/mol. The minimum atomic E-state index is -3.61. The lowest BCUT2D eigenvalue weighted by molar-refractivity contribution is 0.491. The minimum absolute atomic E-state index is 0.270. The molecule has 0 atom stereocenters. The predicted molar refractivity (Wildman–Crippen MR) is 115 cm³/mol. The van der Waals surface area contributed by atoms with Crippen molar-refractivity contribution in [3.05, 3.63) is 65.2 Å². The second-order valence-corrected chi connectivity index (χ2v) is 9.32. The first-order chi connectivity index (χ1) is 13.1. The zero-order chi connectivity index (χ0) is 20.8. The van der Waals surface area contributed by atoms with Gasteiger partial charge in [-0.2, -0.15) is 0 Å². The van der Waals surface area contributed by atoms with Crippen molar-refractivity contribution in [2.45, 2.75) is 51.2 Å². The Morgan fingerprint density at radius 3 is 2.04 bits per heavy atom. The van der Waals surface area contributed by atoms with Gasteiger partial charge >= 0.3 is 0 Å². The molecule has 0 unspecified atom stereocenters. The SMILES string of the molecule is CN=C(NCc1ccccc1C)NCc1ccccc1S(=O)(=O)NC(C)(C)C. The topological polar surface area (TPSA) is 82.6 Å². The van der Waals surface area contributed by atoms with E-state index in [0.29, 0.717) is 24.6 Å². The number of rotatable bonds is 6. The van der Waals surface area contributed by atoms with Gasteiger partial charge in [0.2, 0.25) is 10.0 Å². The van der Waals surface area contributed by atoms with Crippen molar-refractivity contribution in [1.82, 2.24) is 15.4 Å². The predicted octanol–water partition coefficient (Wildman–Crippen LogP) is 2.94. The van der Waals surface area contributed by atoms with Gasteiger partial charge < -0.3 is 10.6 Å². The molecule has 0 amide bonds. The fraction of sp³-hybridized carbons (Fsp3) is 0.381. The first-order valence-corrected chi connectivity index (χ1v) is 10.7. The Balaban J connectivity index is 2.08. The molecule has 6 nitrogen and oxygen atoms in total. The summed E-state index contributed by atoms with van der Waals surface area (Å²) in [5.74, 6) is 0.610. The van der Waals surface area contributed by atoms with Gasteiger partial charge in [-0.15, -0.1) is 0 Å². The van der Waals surface area contributed by atoms with Gasteiger partial charge in [0, 0.05) is 25.7 Å². The van der Waals surface area contributed by atoms with Crippen molar-refractivity contribution < 1.29 is 8.42 Å². The number of nitrogens with zero attached hydrogens (tertiary/aromatic N) is 1. The summed E-state index contributed by atoms with van der Waals surface area (Å²) in [5, 5.41) is 6.46. The summed E-state index contributed by atoms with van der Waals surface area (Å²) in [6.45, 7) is 8.51. The Labute approximate surface area is 168 Å². The van der Waals surface area contributed by atoms with Gasteiger partial charge in [-0.3, -0.25) is 4.99 Å². The summed E-state index contributed by atoms with van der Waals surface area (Å²) in [6, 6.07) is 15.1. The van der Waals surface area contributed by atoms with Crippen LogP contribution in [-0.4, -0.2) is 27.0 Å². The van der Waals surface area contributed by atoms with E-state index in [-0.39, 0.29) is 4.90 Å². The second-order valence-electron chi connectivity index (χ2n) is 7.67. The fourth-order valence-corrected chi connectivity index (χ4v) is 4.42. The number of sulfonamides is 1. The molecule has 0 aliphatic carbocycles. The van der Waals surface area contributed by atoms with Crippen LogP contribution in [0.1, 0.15) is 37.5 Å². The first-order valence-electron chi connectivity index (χ1n) is 9.23. The van der Waals surface area contributed by atoms with Gasteiger partial charge in [0.25, 0.3) is 0 Å². The molecule has 3 N–H and O–H groups in total. The molecule has 0 fully saturated rings. The lowest BCUT2D eigenvalue weighted by Crippen LogP contribution is -2.41. The van der Waals surface area contributed by atoms with Gasteiger partial charge in [0.1, 0.15) is 0 Å². The molecule has 0 heterocycles. The molecule has 28 heavy (non-hydrogen) atoms. The molecular formula is C21H30N4O2S. The van der Waals surface area contributed by atoms with E-state index in [1.807, 2.05) is 39.0 Å². The number of hydrogen-bond acceptors (Lipinski definition) is 3. The number of aliphatic imine (C=N–C) groups is 1. The highest BCUT2D eigenvalue weighted by Gasteiger charge is 2.24. The van der Waals surface area contributed by atoms with E-state index in [4.69, 9.17) is 0 Å². The maximum absolute atomic E-state index is 12.7. The number of hydrogen-bond donors (Lipinski definition) is 3. The largest absolute Gasteiger partial charge is 0.352 e. The third kappa shape index (κ3) is 6.35. The molecule has 0 saturated heterocycles. The highest BCUT2D eigenvalue weighted by atomic mass is 32.2. The van der Waals surface area contributed by atoms with Crippen LogP contribution in [0.25, 0.3) is 0 Å². The molecule has 0 aromatic heterocycles. The van der Waals surface area contributed by atoms with E-state index < -0.39 is 15.6 Å². The van der Waals surface area contributed by atoms with Crippen LogP contribution in [0.2, 0.25) is 0 Å². The average Bonchev–Trinajstić information content (AvgIpc) is 2.61. The molecule has 2 rings (SSSR count). The van der Waals surface area contributed by atoms with E-state index in [1.165, 1.54) is 11.1 Å². The third-order valence-corrected chi connectivity index (χ3v) is 5.94. The van der Waals surface area contributed by atoms with Crippen LogP contribution in [0.15, 0.2) is 58.4 Å². The zero-order valence-corrected chi connectivity index (χ0v) is 18.0. The Morgan fingerprint density at radius 2 is 1.46 bits per heavy atom. The van der Waals surface area contributed by atoms with Crippen molar-refractivity contribution in [2.75, 3.05) is 7.05 Å². The van der Waals surface area contributed by atoms with Crippen molar-refractivity contribution in [3.63, 3.8) is 0 Å². The highest BCUT2D eigenvalue weighted by molar-refractivity contribution is 7.89. The van der Waals surface area contributed by atoms with E-state index >= 15 is 0 Å². The smallest absolute Gasteiger partial charge is 0.241 e. The van der Waals surface area contributed by atoms with Gasteiger partial charge in [-0.1, -0.05) is 42.5 Å². The summed E-state index contributed by atoms with van der Waals surface area (Å²) >= 11 is 0. The van der Waals surface area contributed by atoms with Gasteiger partial charge in [0.15, 0.2) is 5.96 Å². The molecule has 0 radical (unpaired) electrons. The highest BCUT2D eigenvalue weighted by Crippen LogP contribution is 2.17. The second kappa shape index (κ2) is 9.21. The molecule has 2 aromatic rings. The Kier molecular flexibility index (Phi) is 7.21. The van der Waals surface area contributed by atoms with Crippen molar-refractivity contribution >= 4 is 16.0 Å². The third-order valence-electron chi connectivity index (χ3n) is 4.08. The van der Waals surface area contributed by atoms with Crippen molar-refractivity contribution in [3.8, 4) is 0 Å². The van der Waals surface area contributed by atoms with E-state index in [2.05, 4.69) is 39.4 Å². The molecule has 2 aromatic carbocycles. The van der Waals surface area contributed by atoms with Crippen LogP contribution in [0, 0.1) is 6.92 Å². The van der Waals surface area contributed by atoms with Gasteiger partial charge in [0.05, 0.1) is 4.90 Å². The Bertz CT molecular complexity index is 931. The lowest BCUT2D eigenvalue weighted by Gasteiger charge is -2.22. The summed E-state index contributed by atoms with van der Waals surface area (Å²) < 4.78 is 28.2. The van der Waals surface area contributed by atoms with Crippen molar-refractivity contribution in [2.24, 2.45) is 4.99 Å². The van der Waals surface area contributed by atoms with E-state index in [0.717, 1.165) is 0 Å². The van der Waals surface area contributed by atoms with Crippen LogP contribution in [0.5, 0.6) is 0 Å². The maximum Gasteiger partial charge on any atom is 0.241 e. The Morgan fingerprint density at radius 1 is 0.929 bits per heavy atom. The molecule has 0 bridgehead atoms. The lowest BCUT2D eigenvalue weighted by atomic mass is 10.1. The summed E-state index contributed by atoms with van der Waals surface area (Å²) in [7, 11) is -1.92. The molecule has 0 aliphatic heterocycles. The number of benzene rings is 2. The molecule has 7 heteroatoms. The maximum atomic E-state index is 12.7. The standard InChI is InChI=1S/C21H30N4O2S/c1-16-10-6-7-11-17(16)14-23-20(22-5)24-15-18-12-8-9-13-19(18)28(26,27)25-21(2,3)4/h6-13,25H,14-15H2,1-5H3,(H2,22,23,24). The van der Waals surface area contributed by atoms with Crippen LogP contribution in [0.3, 0.4) is 0 Å². The summed E-state index contributed by atoms with van der Waals surface area (Å²) in [6.07, 6.45) is 0. The number of nitrogens with one attached hydrogen (secondary N) is 3. The average molecular weight is 403 g/mol. The van der Waals surface area contributed by atoms with E-state index in [9.17, 15) is 8.42 Å². The summed E-state index contributed by atoms with van der Waals surface area (Å²) in [4.78, 5) is 4.50. The van der Waals surface area contributed by atoms with E-state index in [1.54, 1.807) is 25.2 Å². The van der Waals surface area contributed by atoms with Crippen LogP contribution in [0.4, 0.5) is 0 Å². The summed E-state index contributed by atoms with van der Waals surface area (Å²) in [5.41, 5.74) is 2.51. The van der Waals surface area contributed by atoms with Crippen LogP contribution < -0.4 is 15.4 Å². The van der Waals surface area contributed by atoms with Gasteiger partial charge in [-0.25, -0.2) is 13.1 Å². The molecular weight excluding hydrogens is 372 g/mol. The minimum Gasteiger partial charge on any atom is -0.352 e. The Hall–Kier alpha value is -2.38. The number of guanidine groups is 1. The molecule has 0 saturated carbocycles. The normalized spacial score (nSPS) is 12.7. The molecule has 0 spiro atoms. The molecule has 152 valence electrons. The fourth-order valence-electron chi connectivity index (χ4n) is 2.76. The quantitative estimate of drug-likeness (QED) is 0.512. The van der Waals surface area contributed by atoms with Gasteiger partial charge in [-0.05, 0) is 50.5 Å². The molecule has 0 aliphatic rings. The van der Waals surface area contributed by atoms with Crippen LogP contribution in [-0.2, 0) is 23.1 Å². The number of aryl methyl sites for hydroxylation is 1. The first kappa shape index (κ1) is 21.9. The van der Waals surface area contributed by atoms with Crippen molar-refractivity contribution in [1.29, 1.82) is 0 Å². The van der Waals surface area contributed by atoms with Crippen LogP contribution >= 0.6 is 0 Å².